The van der Waals surface area contributed by atoms with E-state index in [1.807, 2.05) is 54.3 Å². The lowest BCUT2D eigenvalue weighted by atomic mass is 9.98. The molecule has 0 unspecified atom stereocenters. The number of carbonyl (C=O) groups excluding carboxylic acids is 2. The van der Waals surface area contributed by atoms with Crippen LogP contribution in [-0.2, 0) is 11.2 Å². The minimum atomic E-state index is -0.129. The topological polar surface area (TPSA) is 77.7 Å². The first-order chi connectivity index (χ1) is 19.0. The van der Waals surface area contributed by atoms with Crippen LogP contribution in [0.15, 0.2) is 42.5 Å². The van der Waals surface area contributed by atoms with Crippen LogP contribution in [0.5, 0.6) is 5.75 Å². The summed E-state index contributed by atoms with van der Waals surface area (Å²) in [6.07, 6.45) is 7.50. The predicted octanol–water partition coefficient (Wildman–Crippen LogP) is 5.37. The summed E-state index contributed by atoms with van der Waals surface area (Å²) >= 11 is 0. The van der Waals surface area contributed by atoms with Crippen LogP contribution in [0.4, 0.5) is 5.69 Å². The lowest BCUT2D eigenvalue weighted by Gasteiger charge is -2.29. The van der Waals surface area contributed by atoms with Crippen molar-refractivity contribution in [3.05, 3.63) is 70.5 Å². The van der Waals surface area contributed by atoms with E-state index in [4.69, 9.17) is 4.74 Å². The average Bonchev–Trinajstić information content (AvgIpc) is 3.39. The normalized spacial score (nSPS) is 18.6. The second-order valence-corrected chi connectivity index (χ2v) is 10.8. The Hall–Kier alpha value is -3.84. The van der Waals surface area contributed by atoms with E-state index >= 15 is 0 Å². The number of nitrogens with one attached hydrogen (secondary N) is 2. The number of likely N-dealkylation sites (tertiary alicyclic amines) is 1. The number of anilines is 1. The van der Waals surface area contributed by atoms with Crippen LogP contribution >= 0.6 is 0 Å². The van der Waals surface area contributed by atoms with Crippen LogP contribution in [0.3, 0.4) is 0 Å². The van der Waals surface area contributed by atoms with Crippen molar-refractivity contribution in [3.63, 3.8) is 0 Å². The van der Waals surface area contributed by atoms with Gasteiger partial charge in [0.2, 0.25) is 0 Å². The summed E-state index contributed by atoms with van der Waals surface area (Å²) in [6.45, 7) is 6.76. The first-order valence-corrected chi connectivity index (χ1v) is 14.1. The lowest BCUT2D eigenvalue weighted by Crippen LogP contribution is -2.40. The van der Waals surface area contributed by atoms with Gasteiger partial charge in [-0.1, -0.05) is 24.6 Å². The van der Waals surface area contributed by atoms with E-state index < -0.39 is 0 Å². The van der Waals surface area contributed by atoms with Gasteiger partial charge in [0.15, 0.2) is 0 Å². The Morgan fingerprint density at radius 2 is 1.69 bits per heavy atom. The van der Waals surface area contributed by atoms with Gasteiger partial charge in [0, 0.05) is 42.3 Å². The zero-order valence-electron chi connectivity index (χ0n) is 22.8. The number of nitrogens with zero attached hydrogens (tertiary/aromatic N) is 2. The molecule has 0 radical (unpaired) electrons. The maximum atomic E-state index is 13.7. The molecule has 39 heavy (non-hydrogen) atoms. The first kappa shape index (κ1) is 25.4. The zero-order valence-corrected chi connectivity index (χ0v) is 22.8. The van der Waals surface area contributed by atoms with Gasteiger partial charge in [-0.25, -0.2) is 0 Å². The molecule has 4 heterocycles. The molecule has 1 saturated heterocycles. The van der Waals surface area contributed by atoms with Crippen LogP contribution in [0.2, 0.25) is 0 Å². The number of H-pyrrole nitrogens is 1. The number of aromatic amines is 1. The fraction of sp³-hybridized carbons (Fsp3) is 0.375. The summed E-state index contributed by atoms with van der Waals surface area (Å²) < 4.78 is 5.29. The van der Waals surface area contributed by atoms with Gasteiger partial charge in [0.05, 0.1) is 18.2 Å². The number of piperidine rings is 1. The molecule has 1 fully saturated rings. The van der Waals surface area contributed by atoms with E-state index in [9.17, 15) is 9.59 Å². The molecule has 202 valence electrons. The van der Waals surface area contributed by atoms with E-state index in [-0.39, 0.29) is 11.8 Å². The van der Waals surface area contributed by atoms with Crippen LogP contribution in [0.25, 0.3) is 22.8 Å². The number of amides is 2. The maximum absolute atomic E-state index is 13.7. The van der Waals surface area contributed by atoms with E-state index in [1.165, 1.54) is 19.3 Å². The Bertz CT molecular complexity index is 1430. The van der Waals surface area contributed by atoms with Gasteiger partial charge in [0.1, 0.15) is 5.75 Å². The molecule has 2 N–H and O–H groups in total. The van der Waals surface area contributed by atoms with Crippen molar-refractivity contribution in [2.24, 2.45) is 0 Å². The summed E-state index contributed by atoms with van der Waals surface area (Å²) in [6, 6.07) is 13.9. The van der Waals surface area contributed by atoms with Crippen molar-refractivity contribution in [2.75, 3.05) is 45.2 Å². The van der Waals surface area contributed by atoms with Crippen molar-refractivity contribution in [2.45, 2.75) is 39.0 Å². The minimum absolute atomic E-state index is 0.107. The third-order valence-corrected chi connectivity index (χ3v) is 8.37. The molecule has 0 spiro atoms. The SMILES string of the molecule is COc1ccc(-c2ccc3c(c2)/C(=C/c2[nH]c4c(c2C)C(=O)N(CCN2CCCCC2)CCC4)C(=O)N3)cc1. The minimum Gasteiger partial charge on any atom is -0.497 e. The highest BCUT2D eigenvalue weighted by atomic mass is 16.5. The van der Waals surface area contributed by atoms with Gasteiger partial charge in [0.25, 0.3) is 11.8 Å². The number of aromatic nitrogens is 1. The van der Waals surface area contributed by atoms with Gasteiger partial charge in [-0.2, -0.15) is 0 Å². The van der Waals surface area contributed by atoms with Crippen LogP contribution in [0.1, 0.15) is 58.6 Å². The number of carbonyl (C=O) groups is 2. The molecule has 3 aromatic rings. The van der Waals surface area contributed by atoms with Gasteiger partial charge >= 0.3 is 0 Å². The molecule has 6 rings (SSSR count). The van der Waals surface area contributed by atoms with Crippen molar-refractivity contribution in [1.29, 1.82) is 0 Å². The maximum Gasteiger partial charge on any atom is 0.256 e. The number of ether oxygens (including phenoxy) is 1. The number of hydrogen-bond donors (Lipinski definition) is 2. The van der Waals surface area contributed by atoms with Gasteiger partial charge in [-0.05, 0) is 92.7 Å². The number of benzene rings is 2. The molecule has 7 nitrogen and oxygen atoms in total. The van der Waals surface area contributed by atoms with E-state index in [0.717, 1.165) is 96.2 Å². The fourth-order valence-corrected chi connectivity index (χ4v) is 6.10. The van der Waals surface area contributed by atoms with Crippen molar-refractivity contribution in [3.8, 4) is 16.9 Å². The highest BCUT2D eigenvalue weighted by Crippen LogP contribution is 2.37. The number of rotatable bonds is 6. The monoisotopic (exact) mass is 524 g/mol. The molecule has 2 aromatic carbocycles. The van der Waals surface area contributed by atoms with Crippen molar-refractivity contribution in [1.82, 2.24) is 14.8 Å². The molecule has 3 aliphatic rings. The Kier molecular flexibility index (Phi) is 7.00. The summed E-state index contributed by atoms with van der Waals surface area (Å²) in [5.74, 6) is 0.783. The third kappa shape index (κ3) is 4.99. The Balaban J connectivity index is 1.28. The Labute approximate surface area is 229 Å². The summed E-state index contributed by atoms with van der Waals surface area (Å²) in [7, 11) is 1.65. The smallest absolute Gasteiger partial charge is 0.256 e. The molecule has 0 aliphatic carbocycles. The second-order valence-electron chi connectivity index (χ2n) is 10.8. The lowest BCUT2D eigenvalue weighted by molar-refractivity contribution is -0.110. The van der Waals surface area contributed by atoms with Gasteiger partial charge in [-0.3, -0.25) is 9.59 Å². The molecular weight excluding hydrogens is 488 g/mol. The molecule has 0 saturated carbocycles. The molecular formula is C32H36N4O3. The molecule has 2 amide bonds. The second kappa shape index (κ2) is 10.7. The van der Waals surface area contributed by atoms with Crippen LogP contribution in [-0.4, -0.2) is 66.4 Å². The number of methoxy groups -OCH3 is 1. The first-order valence-electron chi connectivity index (χ1n) is 14.1. The average molecular weight is 525 g/mol. The summed E-state index contributed by atoms with van der Waals surface area (Å²) in [4.78, 5) is 34.7. The Morgan fingerprint density at radius 3 is 2.46 bits per heavy atom. The highest BCUT2D eigenvalue weighted by molar-refractivity contribution is 6.35. The van der Waals surface area contributed by atoms with Gasteiger partial charge < -0.3 is 24.8 Å². The molecule has 0 bridgehead atoms. The molecule has 0 atom stereocenters. The van der Waals surface area contributed by atoms with Crippen molar-refractivity contribution < 1.29 is 14.3 Å². The molecule has 1 aromatic heterocycles. The third-order valence-electron chi connectivity index (χ3n) is 8.37. The number of hydrogen-bond acceptors (Lipinski definition) is 4. The Morgan fingerprint density at radius 1 is 0.923 bits per heavy atom. The summed E-state index contributed by atoms with van der Waals surface area (Å²) in [5.41, 5.74) is 7.86. The molecule has 7 heteroatoms. The van der Waals surface area contributed by atoms with Gasteiger partial charge in [-0.15, -0.1) is 0 Å². The molecule has 3 aliphatic heterocycles. The predicted molar refractivity (Wildman–Crippen MR) is 155 cm³/mol. The highest BCUT2D eigenvalue weighted by Gasteiger charge is 2.29. The fourth-order valence-electron chi connectivity index (χ4n) is 6.10. The van der Waals surface area contributed by atoms with Crippen molar-refractivity contribution >= 4 is 29.2 Å². The van der Waals surface area contributed by atoms with E-state index in [0.29, 0.717) is 5.57 Å². The quantitative estimate of drug-likeness (QED) is 0.425. The standard InChI is InChI=1S/C32H36N4O3/c1-21-29(33-28-7-6-16-36(32(38)30(21)28)18-17-35-14-4-3-5-15-35)20-26-25-19-23(10-13-27(25)34-31(26)37)22-8-11-24(39-2)12-9-22/h8-13,19-20,33H,3-7,14-18H2,1-2H3,(H,34,37)/b26-20-. The summed E-state index contributed by atoms with van der Waals surface area (Å²) in [5, 5.41) is 3.00. The van der Waals surface area contributed by atoms with Crippen LogP contribution < -0.4 is 10.1 Å². The zero-order chi connectivity index (χ0) is 26.9. The van der Waals surface area contributed by atoms with E-state index in [2.05, 4.69) is 21.3 Å². The number of fused-ring (bicyclic) bond motifs is 2. The van der Waals surface area contributed by atoms with E-state index in [1.54, 1.807) is 7.11 Å². The number of aryl methyl sites for hydroxylation is 1. The van der Waals surface area contributed by atoms with Crippen LogP contribution in [0, 0.1) is 6.92 Å². The largest absolute Gasteiger partial charge is 0.497 e.